The summed E-state index contributed by atoms with van der Waals surface area (Å²) in [4.78, 5) is 0. The van der Waals surface area contributed by atoms with E-state index >= 15 is 0 Å². The lowest BCUT2D eigenvalue weighted by Gasteiger charge is -2.25. The molecule has 0 spiro atoms. The quantitative estimate of drug-likeness (QED) is 0.669. The Bertz CT molecular complexity index is 185. The van der Waals surface area contributed by atoms with Gasteiger partial charge in [-0.1, -0.05) is 13.8 Å². The molecule has 6 heteroatoms. The van der Waals surface area contributed by atoms with Gasteiger partial charge in [0.25, 0.3) is 0 Å². The Hall–Kier alpha value is -0.330. The number of ether oxygens (including phenoxy) is 1. The number of rotatable bonds is 7. The van der Waals surface area contributed by atoms with Crippen molar-refractivity contribution in [1.82, 2.24) is 0 Å². The Morgan fingerprint density at radius 3 is 2.25 bits per heavy atom. The number of hydrogen-bond acceptors (Lipinski definition) is 3. The molecule has 0 aliphatic carbocycles. The molecule has 2 atom stereocenters. The predicted molar refractivity (Wildman–Crippen MR) is 54.9 cm³/mol. The monoisotopic (exact) mass is 243 g/mol. The molecule has 0 heterocycles. The molecule has 0 rings (SSSR count). The average molecular weight is 243 g/mol. The Morgan fingerprint density at radius 2 is 1.88 bits per heavy atom. The molecule has 16 heavy (non-hydrogen) atoms. The maximum Gasteiger partial charge on any atom is 0.389 e. The van der Waals surface area contributed by atoms with Crippen LogP contribution < -0.4 is 5.73 Å². The van der Waals surface area contributed by atoms with Crippen molar-refractivity contribution >= 4 is 0 Å². The zero-order chi connectivity index (χ0) is 12.8. The molecular formula is C10H20F3NO2. The lowest BCUT2D eigenvalue weighted by atomic mass is 10.00. The number of nitrogens with two attached hydrogens (primary N) is 1. The number of aliphatic hydroxyl groups is 1. The van der Waals surface area contributed by atoms with Crippen LogP contribution in [0.4, 0.5) is 13.2 Å². The molecule has 0 saturated carbocycles. The van der Waals surface area contributed by atoms with E-state index in [2.05, 4.69) is 0 Å². The SMILES string of the molecule is CC(C)C(N)C(CO)OCCCC(F)(F)F. The molecule has 0 saturated heterocycles. The minimum atomic E-state index is -4.15. The van der Waals surface area contributed by atoms with E-state index in [1.165, 1.54) is 0 Å². The van der Waals surface area contributed by atoms with Gasteiger partial charge in [0.15, 0.2) is 0 Å². The minimum Gasteiger partial charge on any atom is -0.394 e. The van der Waals surface area contributed by atoms with Crippen LogP contribution in [0.25, 0.3) is 0 Å². The van der Waals surface area contributed by atoms with Gasteiger partial charge in [-0.2, -0.15) is 13.2 Å². The summed E-state index contributed by atoms with van der Waals surface area (Å²) in [7, 11) is 0. The van der Waals surface area contributed by atoms with Crippen LogP contribution in [0.2, 0.25) is 0 Å². The highest BCUT2D eigenvalue weighted by Crippen LogP contribution is 2.21. The third-order valence-corrected chi connectivity index (χ3v) is 2.32. The first-order valence-corrected chi connectivity index (χ1v) is 5.32. The van der Waals surface area contributed by atoms with E-state index in [9.17, 15) is 13.2 Å². The molecule has 0 aliphatic heterocycles. The van der Waals surface area contributed by atoms with Crippen LogP contribution in [0.3, 0.4) is 0 Å². The van der Waals surface area contributed by atoms with Gasteiger partial charge in [0, 0.05) is 19.1 Å². The second-order valence-corrected chi connectivity index (χ2v) is 4.13. The van der Waals surface area contributed by atoms with Crippen LogP contribution in [0.5, 0.6) is 0 Å². The Kier molecular flexibility index (Phi) is 6.94. The molecule has 2 unspecified atom stereocenters. The van der Waals surface area contributed by atoms with Crippen LogP contribution >= 0.6 is 0 Å². The van der Waals surface area contributed by atoms with Gasteiger partial charge in [-0.15, -0.1) is 0 Å². The Morgan fingerprint density at radius 1 is 1.31 bits per heavy atom. The lowest BCUT2D eigenvalue weighted by molar-refractivity contribution is -0.139. The molecule has 0 aromatic heterocycles. The maximum absolute atomic E-state index is 11.8. The number of aliphatic hydroxyl groups excluding tert-OH is 1. The maximum atomic E-state index is 11.8. The van der Waals surface area contributed by atoms with E-state index in [-0.39, 0.29) is 31.6 Å². The number of halogens is 3. The highest BCUT2D eigenvalue weighted by Gasteiger charge is 2.27. The summed E-state index contributed by atoms with van der Waals surface area (Å²) >= 11 is 0. The van der Waals surface area contributed by atoms with Gasteiger partial charge in [-0.25, -0.2) is 0 Å². The lowest BCUT2D eigenvalue weighted by Crippen LogP contribution is -2.43. The van der Waals surface area contributed by atoms with Gasteiger partial charge in [0.2, 0.25) is 0 Å². The molecule has 98 valence electrons. The first kappa shape index (κ1) is 15.7. The molecule has 0 bridgehead atoms. The Labute approximate surface area is 93.8 Å². The predicted octanol–water partition coefficient (Wildman–Crippen LogP) is 1.69. The second kappa shape index (κ2) is 7.09. The Balaban J connectivity index is 3.80. The summed E-state index contributed by atoms with van der Waals surface area (Å²) in [5.74, 6) is 0.111. The molecule has 0 amide bonds. The molecule has 0 aromatic rings. The van der Waals surface area contributed by atoms with Crippen LogP contribution in [0.15, 0.2) is 0 Å². The van der Waals surface area contributed by atoms with Gasteiger partial charge >= 0.3 is 6.18 Å². The fraction of sp³-hybridized carbons (Fsp3) is 1.00. The summed E-state index contributed by atoms with van der Waals surface area (Å²) in [6.45, 7) is 3.43. The van der Waals surface area contributed by atoms with Crippen LogP contribution in [0.1, 0.15) is 26.7 Å². The van der Waals surface area contributed by atoms with E-state index in [1.807, 2.05) is 13.8 Å². The first-order chi connectivity index (χ1) is 7.28. The summed E-state index contributed by atoms with van der Waals surface area (Å²) in [6.07, 6.45) is -5.72. The van der Waals surface area contributed by atoms with Crippen LogP contribution in [-0.4, -0.2) is 36.6 Å². The standard InChI is InChI=1S/C10H20F3NO2/c1-7(2)9(14)8(6-15)16-5-3-4-10(11,12)13/h7-9,15H,3-6,14H2,1-2H3. The van der Waals surface area contributed by atoms with Crippen LogP contribution in [-0.2, 0) is 4.74 Å². The third kappa shape index (κ3) is 7.03. The van der Waals surface area contributed by atoms with Crippen molar-refractivity contribution in [1.29, 1.82) is 0 Å². The molecule has 3 N–H and O–H groups in total. The molecule has 0 aromatic carbocycles. The first-order valence-electron chi connectivity index (χ1n) is 5.32. The van der Waals surface area contributed by atoms with Crippen molar-refractivity contribution in [3.8, 4) is 0 Å². The van der Waals surface area contributed by atoms with E-state index < -0.39 is 18.7 Å². The molecule has 3 nitrogen and oxygen atoms in total. The highest BCUT2D eigenvalue weighted by molar-refractivity contribution is 4.75. The van der Waals surface area contributed by atoms with Gasteiger partial charge < -0.3 is 15.6 Å². The number of hydrogen-bond donors (Lipinski definition) is 2. The van der Waals surface area contributed by atoms with Crippen LogP contribution in [0, 0.1) is 5.92 Å². The zero-order valence-electron chi connectivity index (χ0n) is 9.63. The van der Waals surface area contributed by atoms with Crippen molar-refractivity contribution in [2.75, 3.05) is 13.2 Å². The van der Waals surface area contributed by atoms with E-state index in [1.54, 1.807) is 0 Å². The van der Waals surface area contributed by atoms with E-state index in [0.29, 0.717) is 0 Å². The fourth-order valence-corrected chi connectivity index (χ4v) is 1.22. The van der Waals surface area contributed by atoms with Gasteiger partial charge in [0.1, 0.15) is 0 Å². The third-order valence-electron chi connectivity index (χ3n) is 2.32. The number of alkyl halides is 3. The summed E-state index contributed by atoms with van der Waals surface area (Å²) in [5.41, 5.74) is 5.73. The van der Waals surface area contributed by atoms with Crippen molar-refractivity contribution in [2.45, 2.75) is 45.0 Å². The largest absolute Gasteiger partial charge is 0.394 e. The van der Waals surface area contributed by atoms with Crippen molar-refractivity contribution in [3.63, 3.8) is 0 Å². The normalized spacial score (nSPS) is 16.5. The smallest absolute Gasteiger partial charge is 0.389 e. The molecular weight excluding hydrogens is 223 g/mol. The summed E-state index contributed by atoms with van der Waals surface area (Å²) < 4.78 is 40.6. The average Bonchev–Trinajstić information content (AvgIpc) is 2.15. The van der Waals surface area contributed by atoms with Gasteiger partial charge in [-0.05, 0) is 12.3 Å². The molecule has 0 aliphatic rings. The van der Waals surface area contributed by atoms with Gasteiger partial charge in [0.05, 0.1) is 12.7 Å². The van der Waals surface area contributed by atoms with E-state index in [4.69, 9.17) is 15.6 Å². The molecule has 0 fully saturated rings. The molecule has 0 radical (unpaired) electrons. The van der Waals surface area contributed by atoms with E-state index in [0.717, 1.165) is 0 Å². The summed E-state index contributed by atoms with van der Waals surface area (Å²) in [5, 5.41) is 8.98. The van der Waals surface area contributed by atoms with Gasteiger partial charge in [-0.3, -0.25) is 0 Å². The summed E-state index contributed by atoms with van der Waals surface area (Å²) in [6, 6.07) is -0.365. The second-order valence-electron chi connectivity index (χ2n) is 4.13. The van der Waals surface area contributed by atoms with Crippen molar-refractivity contribution < 1.29 is 23.0 Å². The van der Waals surface area contributed by atoms with Crippen molar-refractivity contribution in [3.05, 3.63) is 0 Å². The topological polar surface area (TPSA) is 55.5 Å². The zero-order valence-corrected chi connectivity index (χ0v) is 9.63. The fourth-order valence-electron chi connectivity index (χ4n) is 1.22. The van der Waals surface area contributed by atoms with Crippen molar-refractivity contribution in [2.24, 2.45) is 11.7 Å². The highest BCUT2D eigenvalue weighted by atomic mass is 19.4. The minimum absolute atomic E-state index is 0.0366.